The first kappa shape index (κ1) is 9.71. The SMILES string of the molecule is Cc1[nH]cnc1CNCC1(C)CCC1. The lowest BCUT2D eigenvalue weighted by atomic mass is 9.70. The monoisotopic (exact) mass is 193 g/mol. The number of hydrogen-bond acceptors (Lipinski definition) is 2. The Bertz CT molecular complexity index is 299. The molecule has 0 bridgehead atoms. The van der Waals surface area contributed by atoms with Crippen LogP contribution in [0.3, 0.4) is 0 Å². The van der Waals surface area contributed by atoms with Crippen LogP contribution in [0, 0.1) is 12.3 Å². The molecule has 1 aliphatic rings. The molecule has 0 aromatic carbocycles. The van der Waals surface area contributed by atoms with Crippen LogP contribution in [0.2, 0.25) is 0 Å². The minimum atomic E-state index is 0.560. The summed E-state index contributed by atoms with van der Waals surface area (Å²) in [5.41, 5.74) is 2.88. The molecule has 0 spiro atoms. The van der Waals surface area contributed by atoms with E-state index in [-0.39, 0.29) is 0 Å². The predicted molar refractivity (Wildman–Crippen MR) is 57.0 cm³/mol. The normalized spacial score (nSPS) is 19.3. The van der Waals surface area contributed by atoms with Crippen LogP contribution in [-0.2, 0) is 6.54 Å². The van der Waals surface area contributed by atoms with Gasteiger partial charge in [-0.25, -0.2) is 4.98 Å². The van der Waals surface area contributed by atoms with Gasteiger partial charge in [-0.2, -0.15) is 0 Å². The molecule has 3 nitrogen and oxygen atoms in total. The van der Waals surface area contributed by atoms with Crippen molar-refractivity contribution < 1.29 is 0 Å². The molecule has 2 N–H and O–H groups in total. The van der Waals surface area contributed by atoms with Crippen LogP contribution in [-0.4, -0.2) is 16.5 Å². The van der Waals surface area contributed by atoms with E-state index < -0.39 is 0 Å². The predicted octanol–water partition coefficient (Wildman–Crippen LogP) is 2.00. The summed E-state index contributed by atoms with van der Waals surface area (Å²) in [4.78, 5) is 7.35. The van der Waals surface area contributed by atoms with E-state index in [1.807, 2.05) is 0 Å². The minimum Gasteiger partial charge on any atom is -0.348 e. The zero-order valence-corrected chi connectivity index (χ0v) is 9.06. The standard InChI is InChI=1S/C11H19N3/c1-9-10(14-8-13-9)6-12-7-11(2)4-3-5-11/h8,12H,3-7H2,1-2H3,(H,13,14). The Hall–Kier alpha value is -0.830. The molecule has 1 aromatic rings. The van der Waals surface area contributed by atoms with Gasteiger partial charge in [0.05, 0.1) is 12.0 Å². The third-order valence-corrected chi connectivity index (χ3v) is 3.34. The lowest BCUT2D eigenvalue weighted by molar-refractivity contribution is 0.156. The van der Waals surface area contributed by atoms with Gasteiger partial charge < -0.3 is 10.3 Å². The van der Waals surface area contributed by atoms with Crippen molar-refractivity contribution >= 4 is 0 Å². The summed E-state index contributed by atoms with van der Waals surface area (Å²) < 4.78 is 0. The van der Waals surface area contributed by atoms with Gasteiger partial charge in [-0.1, -0.05) is 13.3 Å². The van der Waals surface area contributed by atoms with Crippen molar-refractivity contribution in [3.63, 3.8) is 0 Å². The number of nitrogens with one attached hydrogen (secondary N) is 2. The average molecular weight is 193 g/mol. The molecule has 1 fully saturated rings. The molecule has 0 atom stereocenters. The fourth-order valence-electron chi connectivity index (χ4n) is 2.01. The van der Waals surface area contributed by atoms with Gasteiger partial charge in [0, 0.05) is 18.8 Å². The Morgan fingerprint density at radius 1 is 1.57 bits per heavy atom. The Kier molecular flexibility index (Phi) is 2.59. The highest BCUT2D eigenvalue weighted by atomic mass is 15.0. The smallest absolute Gasteiger partial charge is 0.0925 e. The molecule has 0 aliphatic heterocycles. The molecule has 78 valence electrons. The lowest BCUT2D eigenvalue weighted by Gasteiger charge is -2.38. The molecule has 1 heterocycles. The molecule has 2 rings (SSSR count). The maximum absolute atomic E-state index is 4.26. The Labute approximate surface area is 85.3 Å². The second-order valence-electron chi connectivity index (χ2n) is 4.74. The van der Waals surface area contributed by atoms with Crippen LogP contribution in [0.25, 0.3) is 0 Å². The van der Waals surface area contributed by atoms with Gasteiger partial charge in [0.25, 0.3) is 0 Å². The minimum absolute atomic E-state index is 0.560. The van der Waals surface area contributed by atoms with Crippen molar-refractivity contribution in [1.29, 1.82) is 0 Å². The summed E-state index contributed by atoms with van der Waals surface area (Å²) in [6.45, 7) is 6.44. The van der Waals surface area contributed by atoms with Crippen molar-refractivity contribution in [2.75, 3.05) is 6.54 Å². The average Bonchev–Trinajstić information content (AvgIpc) is 2.49. The molecule has 1 aromatic heterocycles. The molecule has 3 heteroatoms. The van der Waals surface area contributed by atoms with Gasteiger partial charge in [-0.3, -0.25) is 0 Å². The van der Waals surface area contributed by atoms with Gasteiger partial charge in [-0.15, -0.1) is 0 Å². The van der Waals surface area contributed by atoms with E-state index in [4.69, 9.17) is 0 Å². The molecule has 0 radical (unpaired) electrons. The van der Waals surface area contributed by atoms with Crippen LogP contribution in [0.5, 0.6) is 0 Å². The van der Waals surface area contributed by atoms with E-state index in [2.05, 4.69) is 29.1 Å². The van der Waals surface area contributed by atoms with Crippen molar-refractivity contribution in [1.82, 2.24) is 15.3 Å². The topological polar surface area (TPSA) is 40.7 Å². The second-order valence-corrected chi connectivity index (χ2v) is 4.74. The summed E-state index contributed by atoms with van der Waals surface area (Å²) in [7, 11) is 0. The molecular weight excluding hydrogens is 174 g/mol. The number of aryl methyl sites for hydroxylation is 1. The maximum atomic E-state index is 4.26. The van der Waals surface area contributed by atoms with Gasteiger partial charge in [0.1, 0.15) is 0 Å². The fourth-order valence-corrected chi connectivity index (χ4v) is 2.01. The Balaban J connectivity index is 1.75. The zero-order chi connectivity index (χ0) is 10.0. The van der Waals surface area contributed by atoms with Crippen LogP contribution in [0.4, 0.5) is 0 Å². The first-order chi connectivity index (χ1) is 6.70. The number of aromatic nitrogens is 2. The van der Waals surface area contributed by atoms with Crippen molar-refractivity contribution in [2.45, 2.75) is 39.7 Å². The van der Waals surface area contributed by atoms with Crippen LogP contribution in [0.15, 0.2) is 6.33 Å². The van der Waals surface area contributed by atoms with Gasteiger partial charge in [-0.05, 0) is 25.2 Å². The number of nitrogens with zero attached hydrogens (tertiary/aromatic N) is 1. The molecule has 1 saturated carbocycles. The molecule has 14 heavy (non-hydrogen) atoms. The lowest BCUT2D eigenvalue weighted by Crippen LogP contribution is -2.37. The summed E-state index contributed by atoms with van der Waals surface area (Å²) >= 11 is 0. The van der Waals surface area contributed by atoms with E-state index >= 15 is 0 Å². The largest absolute Gasteiger partial charge is 0.348 e. The number of hydrogen-bond donors (Lipinski definition) is 2. The summed E-state index contributed by atoms with van der Waals surface area (Å²) in [5, 5.41) is 3.49. The van der Waals surface area contributed by atoms with Crippen molar-refractivity contribution in [3.05, 3.63) is 17.7 Å². The van der Waals surface area contributed by atoms with Crippen molar-refractivity contribution in [2.24, 2.45) is 5.41 Å². The summed E-state index contributed by atoms with van der Waals surface area (Å²) in [6.07, 6.45) is 5.91. The molecule has 1 aliphatic carbocycles. The fraction of sp³-hybridized carbons (Fsp3) is 0.727. The van der Waals surface area contributed by atoms with E-state index in [1.54, 1.807) is 6.33 Å². The highest BCUT2D eigenvalue weighted by molar-refractivity contribution is 5.08. The molecule has 0 unspecified atom stereocenters. The van der Waals surface area contributed by atoms with E-state index in [1.165, 1.54) is 25.0 Å². The first-order valence-corrected chi connectivity index (χ1v) is 5.39. The third kappa shape index (κ3) is 1.98. The van der Waals surface area contributed by atoms with Gasteiger partial charge >= 0.3 is 0 Å². The van der Waals surface area contributed by atoms with E-state index in [0.29, 0.717) is 5.41 Å². The van der Waals surface area contributed by atoms with Crippen LogP contribution < -0.4 is 5.32 Å². The summed E-state index contributed by atoms with van der Waals surface area (Å²) in [6, 6.07) is 0. The Morgan fingerprint density at radius 2 is 2.36 bits per heavy atom. The van der Waals surface area contributed by atoms with Crippen LogP contribution >= 0.6 is 0 Å². The van der Waals surface area contributed by atoms with E-state index in [9.17, 15) is 0 Å². The number of rotatable bonds is 4. The number of imidazole rings is 1. The maximum Gasteiger partial charge on any atom is 0.0925 e. The molecule has 0 saturated heterocycles. The van der Waals surface area contributed by atoms with Crippen LogP contribution in [0.1, 0.15) is 37.6 Å². The quantitative estimate of drug-likeness (QED) is 0.768. The third-order valence-electron chi connectivity index (χ3n) is 3.34. The molecular formula is C11H19N3. The Morgan fingerprint density at radius 3 is 2.86 bits per heavy atom. The van der Waals surface area contributed by atoms with E-state index in [0.717, 1.165) is 18.8 Å². The number of aromatic amines is 1. The zero-order valence-electron chi connectivity index (χ0n) is 9.06. The summed E-state index contributed by atoms with van der Waals surface area (Å²) in [5.74, 6) is 0. The highest BCUT2D eigenvalue weighted by Crippen LogP contribution is 2.39. The van der Waals surface area contributed by atoms with Crippen molar-refractivity contribution in [3.8, 4) is 0 Å². The highest BCUT2D eigenvalue weighted by Gasteiger charge is 2.30. The molecule has 0 amide bonds. The van der Waals surface area contributed by atoms with Gasteiger partial charge in [0.15, 0.2) is 0 Å². The number of H-pyrrole nitrogens is 1. The van der Waals surface area contributed by atoms with Gasteiger partial charge in [0.2, 0.25) is 0 Å². The first-order valence-electron chi connectivity index (χ1n) is 5.39. The second kappa shape index (κ2) is 3.73.